The van der Waals surface area contributed by atoms with Crippen LogP contribution in [0.1, 0.15) is 26.3 Å². The molecule has 0 aliphatic rings. The fraction of sp³-hybridized carbons (Fsp3) is 0.333. The summed E-state index contributed by atoms with van der Waals surface area (Å²) in [5.74, 6) is 0.937. The van der Waals surface area contributed by atoms with E-state index in [4.69, 9.17) is 0 Å². The van der Waals surface area contributed by atoms with E-state index in [9.17, 15) is 4.79 Å². The van der Waals surface area contributed by atoms with E-state index >= 15 is 0 Å². The molecule has 0 radical (unpaired) electrons. The summed E-state index contributed by atoms with van der Waals surface area (Å²) >= 11 is 2.75. The quantitative estimate of drug-likeness (QED) is 0.671. The van der Waals surface area contributed by atoms with Gasteiger partial charge in [0, 0.05) is 24.2 Å². The number of thiazole rings is 1. The molecular weight excluding hydrogens is 366 g/mol. The van der Waals surface area contributed by atoms with Gasteiger partial charge < -0.3 is 9.88 Å². The maximum Gasteiger partial charge on any atom is 0.236 e. The van der Waals surface area contributed by atoms with Crippen molar-refractivity contribution in [3.8, 4) is 11.4 Å². The predicted octanol–water partition coefficient (Wildman–Crippen LogP) is 3.97. The maximum atomic E-state index is 12.0. The van der Waals surface area contributed by atoms with Gasteiger partial charge in [-0.15, -0.1) is 21.5 Å². The summed E-state index contributed by atoms with van der Waals surface area (Å²) in [4.78, 5) is 16.0. The van der Waals surface area contributed by atoms with Crippen molar-refractivity contribution in [3.05, 3.63) is 41.4 Å². The Kier molecular flexibility index (Phi) is 5.43. The molecule has 0 atom stereocenters. The molecule has 1 N–H and O–H groups in total. The lowest BCUT2D eigenvalue weighted by Crippen LogP contribution is -2.14. The standard InChI is InChI=1S/C18H21N5OS2/c1-18(2,3)13-7-5-12(6-8-13)15-21-22-17(23(15)4)26-11-14(24)20-16-19-9-10-25-16/h5-10H,11H2,1-4H3,(H,19,20,24). The summed E-state index contributed by atoms with van der Waals surface area (Å²) in [5.41, 5.74) is 2.40. The Hall–Kier alpha value is -2.19. The monoisotopic (exact) mass is 387 g/mol. The van der Waals surface area contributed by atoms with E-state index in [1.165, 1.54) is 28.7 Å². The fourth-order valence-corrected chi connectivity index (χ4v) is 3.64. The molecule has 0 aliphatic carbocycles. The minimum absolute atomic E-state index is 0.107. The third-order valence-electron chi connectivity index (χ3n) is 3.86. The van der Waals surface area contributed by atoms with Crippen molar-refractivity contribution in [1.29, 1.82) is 0 Å². The molecule has 3 rings (SSSR count). The second kappa shape index (κ2) is 7.59. The van der Waals surface area contributed by atoms with Crippen LogP contribution >= 0.6 is 23.1 Å². The third-order valence-corrected chi connectivity index (χ3v) is 5.56. The van der Waals surface area contributed by atoms with Gasteiger partial charge in [-0.05, 0) is 11.0 Å². The molecule has 0 saturated carbocycles. The highest BCUT2D eigenvalue weighted by atomic mass is 32.2. The summed E-state index contributed by atoms with van der Waals surface area (Å²) < 4.78 is 1.91. The lowest BCUT2D eigenvalue weighted by molar-refractivity contribution is -0.113. The Morgan fingerprint density at radius 2 is 1.96 bits per heavy atom. The number of benzene rings is 1. The van der Waals surface area contributed by atoms with Crippen molar-refractivity contribution in [2.75, 3.05) is 11.1 Å². The predicted molar refractivity (Wildman–Crippen MR) is 107 cm³/mol. The van der Waals surface area contributed by atoms with Crippen LogP contribution in [-0.2, 0) is 17.3 Å². The van der Waals surface area contributed by atoms with Crippen LogP contribution in [0, 0.1) is 0 Å². The smallest absolute Gasteiger partial charge is 0.236 e. The molecule has 0 saturated heterocycles. The van der Waals surface area contributed by atoms with Crippen molar-refractivity contribution in [2.45, 2.75) is 31.3 Å². The number of amides is 1. The first-order chi connectivity index (χ1) is 12.3. The number of nitrogens with one attached hydrogen (secondary N) is 1. The van der Waals surface area contributed by atoms with Gasteiger partial charge in [0.15, 0.2) is 16.1 Å². The number of rotatable bonds is 5. The van der Waals surface area contributed by atoms with Crippen LogP contribution in [-0.4, -0.2) is 31.4 Å². The molecule has 1 amide bonds. The third kappa shape index (κ3) is 4.31. The van der Waals surface area contributed by atoms with Crippen LogP contribution in [0.3, 0.4) is 0 Å². The van der Waals surface area contributed by atoms with Gasteiger partial charge in [-0.2, -0.15) is 0 Å². The second-order valence-corrected chi connectivity index (χ2v) is 8.70. The first-order valence-electron chi connectivity index (χ1n) is 8.17. The SMILES string of the molecule is Cn1c(SCC(=O)Nc2nccs2)nnc1-c1ccc(C(C)(C)C)cc1. The van der Waals surface area contributed by atoms with Crippen LogP contribution < -0.4 is 5.32 Å². The zero-order valence-electron chi connectivity index (χ0n) is 15.2. The molecule has 0 bridgehead atoms. The average Bonchev–Trinajstić information content (AvgIpc) is 3.22. The number of hydrogen-bond acceptors (Lipinski definition) is 6. The Morgan fingerprint density at radius 3 is 2.58 bits per heavy atom. The summed E-state index contributed by atoms with van der Waals surface area (Å²) in [7, 11) is 1.91. The van der Waals surface area contributed by atoms with E-state index in [1.807, 2.05) is 17.0 Å². The number of anilines is 1. The molecule has 2 aromatic heterocycles. The highest BCUT2D eigenvalue weighted by Crippen LogP contribution is 2.27. The van der Waals surface area contributed by atoms with E-state index in [2.05, 4.69) is 65.5 Å². The molecule has 0 fully saturated rings. The molecule has 3 aromatic rings. The average molecular weight is 388 g/mol. The van der Waals surface area contributed by atoms with E-state index in [0.29, 0.717) is 10.3 Å². The molecule has 0 spiro atoms. The normalized spacial score (nSPS) is 11.5. The number of thioether (sulfide) groups is 1. The first kappa shape index (κ1) is 18.6. The van der Waals surface area contributed by atoms with Gasteiger partial charge in [0.05, 0.1) is 5.75 Å². The highest BCUT2D eigenvalue weighted by Gasteiger charge is 2.16. The van der Waals surface area contributed by atoms with Crippen molar-refractivity contribution in [2.24, 2.45) is 7.05 Å². The molecule has 1 aromatic carbocycles. The Bertz CT molecular complexity index is 879. The van der Waals surface area contributed by atoms with E-state index in [1.54, 1.807) is 6.20 Å². The van der Waals surface area contributed by atoms with Gasteiger partial charge >= 0.3 is 0 Å². The van der Waals surface area contributed by atoms with E-state index < -0.39 is 0 Å². The maximum absolute atomic E-state index is 12.0. The molecule has 0 aliphatic heterocycles. The van der Waals surface area contributed by atoms with Crippen molar-refractivity contribution in [3.63, 3.8) is 0 Å². The topological polar surface area (TPSA) is 72.7 Å². The van der Waals surface area contributed by atoms with E-state index in [0.717, 1.165) is 11.4 Å². The minimum Gasteiger partial charge on any atom is -0.305 e. The molecule has 26 heavy (non-hydrogen) atoms. The first-order valence-corrected chi connectivity index (χ1v) is 10.0. The van der Waals surface area contributed by atoms with Crippen LogP contribution in [0.2, 0.25) is 0 Å². The van der Waals surface area contributed by atoms with Gasteiger partial charge in [-0.1, -0.05) is 56.8 Å². The van der Waals surface area contributed by atoms with Gasteiger partial charge in [0.1, 0.15) is 0 Å². The lowest BCUT2D eigenvalue weighted by Gasteiger charge is -2.19. The number of aromatic nitrogens is 4. The molecule has 2 heterocycles. The number of hydrogen-bond donors (Lipinski definition) is 1. The van der Waals surface area contributed by atoms with Crippen molar-refractivity contribution >= 4 is 34.1 Å². The summed E-state index contributed by atoms with van der Waals surface area (Å²) in [6.07, 6.45) is 1.66. The Labute approximate surface area is 161 Å². The summed E-state index contributed by atoms with van der Waals surface area (Å²) in [6, 6.07) is 8.37. The Balaban J connectivity index is 1.67. The number of nitrogens with zero attached hydrogens (tertiary/aromatic N) is 4. The largest absolute Gasteiger partial charge is 0.305 e. The lowest BCUT2D eigenvalue weighted by atomic mass is 9.87. The molecule has 0 unspecified atom stereocenters. The summed E-state index contributed by atoms with van der Waals surface area (Å²) in [5, 5.41) is 14.4. The van der Waals surface area contributed by atoms with Gasteiger partial charge in [0.25, 0.3) is 0 Å². The number of carbonyl (C=O) groups is 1. The van der Waals surface area contributed by atoms with Crippen molar-refractivity contribution in [1.82, 2.24) is 19.7 Å². The Morgan fingerprint density at radius 1 is 1.23 bits per heavy atom. The van der Waals surface area contributed by atoms with Crippen LogP contribution in [0.5, 0.6) is 0 Å². The van der Waals surface area contributed by atoms with E-state index in [-0.39, 0.29) is 17.1 Å². The van der Waals surface area contributed by atoms with Gasteiger partial charge in [-0.3, -0.25) is 4.79 Å². The fourth-order valence-electron chi connectivity index (χ4n) is 2.38. The van der Waals surface area contributed by atoms with Crippen LogP contribution in [0.15, 0.2) is 41.0 Å². The second-order valence-electron chi connectivity index (χ2n) is 6.87. The minimum atomic E-state index is -0.107. The highest BCUT2D eigenvalue weighted by molar-refractivity contribution is 7.99. The number of carbonyl (C=O) groups excluding carboxylic acids is 1. The zero-order valence-corrected chi connectivity index (χ0v) is 16.8. The molecule has 8 heteroatoms. The van der Waals surface area contributed by atoms with Gasteiger partial charge in [-0.25, -0.2) is 4.98 Å². The molecule has 136 valence electrons. The molecule has 6 nitrogen and oxygen atoms in total. The van der Waals surface area contributed by atoms with Crippen LogP contribution in [0.4, 0.5) is 5.13 Å². The molecular formula is C18H21N5OS2. The summed E-state index contributed by atoms with van der Waals surface area (Å²) in [6.45, 7) is 6.57. The van der Waals surface area contributed by atoms with Crippen LogP contribution in [0.25, 0.3) is 11.4 Å². The zero-order chi connectivity index (χ0) is 18.7. The van der Waals surface area contributed by atoms with Gasteiger partial charge in [0.2, 0.25) is 5.91 Å². The van der Waals surface area contributed by atoms with Crippen molar-refractivity contribution < 1.29 is 4.79 Å².